The zero-order valence-corrected chi connectivity index (χ0v) is 30.4. The normalized spacial score (nSPS) is 12.3. The second-order valence-corrected chi connectivity index (χ2v) is 13.0. The Bertz CT molecular complexity index is 1980. The molecule has 0 atom stereocenters. The van der Waals surface area contributed by atoms with Gasteiger partial charge < -0.3 is 9.97 Å². The third kappa shape index (κ3) is 6.40. The molecule has 1 aliphatic carbocycles. The second kappa shape index (κ2) is 13.3. The van der Waals surface area contributed by atoms with Gasteiger partial charge in [0.05, 0.1) is 0 Å². The first kappa shape index (κ1) is 33.2. The summed E-state index contributed by atoms with van der Waals surface area (Å²) in [4.78, 5) is 9.20. The molecule has 0 bridgehead atoms. The van der Waals surface area contributed by atoms with Gasteiger partial charge >= 0.3 is 0 Å². The van der Waals surface area contributed by atoms with Crippen LogP contribution in [0, 0.1) is 53.7 Å². The molecule has 46 heavy (non-hydrogen) atoms. The number of aromatic nitrogens is 2. The predicted molar refractivity (Wildman–Crippen MR) is 188 cm³/mol. The fraction of sp³-hybridized carbons (Fsp3) is 0.209. The van der Waals surface area contributed by atoms with Crippen molar-refractivity contribution in [2.24, 2.45) is 0 Å². The van der Waals surface area contributed by atoms with Gasteiger partial charge in [-0.15, -0.1) is 64.2 Å². The van der Waals surface area contributed by atoms with Crippen molar-refractivity contribution < 1.29 is 20.1 Å². The first-order valence-electron chi connectivity index (χ1n) is 15.7. The van der Waals surface area contributed by atoms with E-state index in [0.29, 0.717) is 0 Å². The average Bonchev–Trinajstić information content (AvgIpc) is 3.26. The molecule has 3 heteroatoms. The van der Waals surface area contributed by atoms with E-state index in [9.17, 15) is 0 Å². The molecule has 0 fully saturated rings. The van der Waals surface area contributed by atoms with Gasteiger partial charge in [-0.3, -0.25) is 0 Å². The summed E-state index contributed by atoms with van der Waals surface area (Å²) in [7, 11) is 0. The quantitative estimate of drug-likeness (QED) is 0.167. The SMILES string of the molecule is Cc1c[c-]c(-c2cc(C)c(C)cn2)cc1C.Cc1cc(C)cc(-c2ccnc(-c3[c-]ccc4c3C(C)(C)c3ccccc3-4)c2)c1.[Ir]. The van der Waals surface area contributed by atoms with E-state index in [1.54, 1.807) is 0 Å². The molecule has 0 saturated heterocycles. The fourth-order valence-corrected chi connectivity index (χ4v) is 6.45. The van der Waals surface area contributed by atoms with E-state index in [1.807, 2.05) is 24.5 Å². The minimum Gasteiger partial charge on any atom is -0.305 e. The smallest absolute Gasteiger partial charge is 0.0192 e. The number of hydrogen-bond donors (Lipinski definition) is 0. The molecule has 0 saturated carbocycles. The van der Waals surface area contributed by atoms with E-state index >= 15 is 0 Å². The molecule has 4 aromatic carbocycles. The van der Waals surface area contributed by atoms with E-state index in [4.69, 9.17) is 4.98 Å². The fourth-order valence-electron chi connectivity index (χ4n) is 6.45. The summed E-state index contributed by atoms with van der Waals surface area (Å²) < 4.78 is 0. The van der Waals surface area contributed by atoms with Crippen molar-refractivity contribution in [3.8, 4) is 44.8 Å². The van der Waals surface area contributed by atoms with Gasteiger partial charge in [0, 0.05) is 32.5 Å². The summed E-state index contributed by atoms with van der Waals surface area (Å²) >= 11 is 0. The van der Waals surface area contributed by atoms with Crippen molar-refractivity contribution in [1.29, 1.82) is 0 Å². The molecule has 0 N–H and O–H groups in total. The Morgan fingerprint density at radius 1 is 0.609 bits per heavy atom. The van der Waals surface area contributed by atoms with Crippen molar-refractivity contribution in [1.82, 2.24) is 9.97 Å². The van der Waals surface area contributed by atoms with E-state index in [1.165, 1.54) is 66.8 Å². The zero-order chi connectivity index (χ0) is 31.9. The van der Waals surface area contributed by atoms with Crippen LogP contribution in [-0.4, -0.2) is 9.97 Å². The molecule has 0 spiro atoms. The number of pyridine rings is 2. The first-order valence-corrected chi connectivity index (χ1v) is 15.7. The third-order valence-corrected chi connectivity index (χ3v) is 9.16. The molecular weight excluding hydrogens is 737 g/mol. The summed E-state index contributed by atoms with van der Waals surface area (Å²) in [5.74, 6) is 0. The number of rotatable bonds is 3. The van der Waals surface area contributed by atoms with Gasteiger partial charge in [-0.1, -0.05) is 105 Å². The molecular formula is C43H40IrN2-2. The minimum atomic E-state index is -0.0728. The maximum absolute atomic E-state index is 4.75. The Morgan fingerprint density at radius 3 is 2.04 bits per heavy atom. The van der Waals surface area contributed by atoms with Crippen LogP contribution in [0.3, 0.4) is 0 Å². The monoisotopic (exact) mass is 777 g/mol. The van der Waals surface area contributed by atoms with Crippen molar-refractivity contribution in [2.45, 2.75) is 60.8 Å². The molecule has 6 aromatic rings. The molecule has 1 aliphatic rings. The molecule has 233 valence electrons. The van der Waals surface area contributed by atoms with E-state index in [-0.39, 0.29) is 25.5 Å². The Morgan fingerprint density at radius 2 is 1.33 bits per heavy atom. The number of fused-ring (bicyclic) bond motifs is 3. The largest absolute Gasteiger partial charge is 0.305 e. The van der Waals surface area contributed by atoms with Gasteiger partial charge in [-0.05, 0) is 78.4 Å². The van der Waals surface area contributed by atoms with Crippen molar-refractivity contribution in [2.75, 3.05) is 0 Å². The van der Waals surface area contributed by atoms with Crippen LogP contribution in [-0.2, 0) is 25.5 Å². The number of benzene rings is 4. The van der Waals surface area contributed by atoms with Gasteiger partial charge in [0.15, 0.2) is 0 Å². The summed E-state index contributed by atoms with van der Waals surface area (Å²) in [5, 5.41) is 0. The summed E-state index contributed by atoms with van der Waals surface area (Å²) in [6.07, 6.45) is 3.85. The van der Waals surface area contributed by atoms with Crippen molar-refractivity contribution in [3.05, 3.63) is 154 Å². The number of aryl methyl sites for hydroxylation is 6. The van der Waals surface area contributed by atoms with Gasteiger partial charge in [-0.2, -0.15) is 0 Å². The summed E-state index contributed by atoms with van der Waals surface area (Å²) in [6, 6.07) is 37.1. The molecule has 2 heterocycles. The van der Waals surface area contributed by atoms with E-state index in [0.717, 1.165) is 22.5 Å². The Labute approximate surface area is 288 Å². The van der Waals surface area contributed by atoms with Crippen molar-refractivity contribution >= 4 is 0 Å². The zero-order valence-electron chi connectivity index (χ0n) is 28.0. The molecule has 2 aromatic heterocycles. The third-order valence-electron chi connectivity index (χ3n) is 9.16. The van der Waals surface area contributed by atoms with Crippen LogP contribution < -0.4 is 0 Å². The van der Waals surface area contributed by atoms with Crippen LogP contribution in [0.15, 0.2) is 97.3 Å². The van der Waals surface area contributed by atoms with E-state index < -0.39 is 0 Å². The average molecular weight is 777 g/mol. The molecule has 1 radical (unpaired) electrons. The predicted octanol–water partition coefficient (Wildman–Crippen LogP) is 10.9. The summed E-state index contributed by atoms with van der Waals surface area (Å²) in [6.45, 7) is 17.3. The van der Waals surface area contributed by atoms with Crippen LogP contribution in [0.5, 0.6) is 0 Å². The Balaban J connectivity index is 0.000000209. The molecule has 0 aliphatic heterocycles. The van der Waals surface area contributed by atoms with Crippen LogP contribution in [0.2, 0.25) is 0 Å². The van der Waals surface area contributed by atoms with Gasteiger partial charge in [0.25, 0.3) is 0 Å². The maximum Gasteiger partial charge on any atom is 0.0192 e. The van der Waals surface area contributed by atoms with Crippen LogP contribution >= 0.6 is 0 Å². The number of hydrogen-bond acceptors (Lipinski definition) is 2. The summed E-state index contributed by atoms with van der Waals surface area (Å²) in [5.41, 5.74) is 19.5. The van der Waals surface area contributed by atoms with E-state index in [2.05, 4.69) is 145 Å². The first-order chi connectivity index (χ1) is 21.5. The minimum absolute atomic E-state index is 0. The molecule has 7 rings (SSSR count). The van der Waals surface area contributed by atoms with Crippen LogP contribution in [0.1, 0.15) is 58.4 Å². The van der Waals surface area contributed by atoms with Crippen LogP contribution in [0.4, 0.5) is 0 Å². The molecule has 0 unspecified atom stereocenters. The van der Waals surface area contributed by atoms with Gasteiger partial charge in [0.2, 0.25) is 0 Å². The van der Waals surface area contributed by atoms with Gasteiger partial charge in [-0.25, -0.2) is 0 Å². The topological polar surface area (TPSA) is 25.8 Å². The maximum atomic E-state index is 4.75. The molecule has 0 amide bonds. The van der Waals surface area contributed by atoms with Crippen LogP contribution in [0.25, 0.3) is 44.8 Å². The number of nitrogens with zero attached hydrogens (tertiary/aromatic N) is 2. The molecule has 2 nitrogen and oxygen atoms in total. The Kier molecular flexibility index (Phi) is 9.59. The van der Waals surface area contributed by atoms with Crippen molar-refractivity contribution in [3.63, 3.8) is 0 Å². The standard InChI is InChI=1S/C28H24N.C15H16N.Ir/c1-18-14-19(2)16-21(15-18)20-12-13-29-26(17-20)24-10-7-9-23-22-8-5-6-11-25(22)28(3,4)27(23)24;1-10-5-6-14(7-11(10)2)15-8-12(3)13(4)9-16-15;/h5-9,11-17H,1-4H3;5,7-9H,1-4H3;/q2*-1;. The van der Waals surface area contributed by atoms with Gasteiger partial charge in [0.1, 0.15) is 0 Å². The Hall–Kier alpha value is -4.17. The second-order valence-electron chi connectivity index (χ2n) is 13.0.